The van der Waals surface area contributed by atoms with E-state index in [1.165, 1.54) is 14.2 Å². The van der Waals surface area contributed by atoms with Crippen molar-refractivity contribution in [3.63, 3.8) is 0 Å². The highest BCUT2D eigenvalue weighted by Gasteiger charge is 2.35. The molecule has 0 fully saturated rings. The van der Waals surface area contributed by atoms with Crippen LogP contribution >= 0.6 is 7.60 Å². The number of hydrogen-bond donors (Lipinski definition) is 1. The fraction of sp³-hybridized carbons (Fsp3) is 0.400. The van der Waals surface area contributed by atoms with Crippen LogP contribution in [0.15, 0.2) is 60.7 Å². The Morgan fingerprint density at radius 1 is 0.920 bits per heavy atom. The molecule has 0 aliphatic rings. The van der Waals surface area contributed by atoms with Crippen LogP contribution in [0.3, 0.4) is 0 Å². The minimum atomic E-state index is -3.23. The molecule has 136 valence electrons. The molecule has 0 aliphatic carbocycles. The van der Waals surface area contributed by atoms with E-state index < -0.39 is 7.60 Å². The Hall–Kier alpha value is -1.45. The summed E-state index contributed by atoms with van der Waals surface area (Å²) in [4.78, 5) is 0. The summed E-state index contributed by atoms with van der Waals surface area (Å²) in [5.41, 5.74) is 2.24. The van der Waals surface area contributed by atoms with Crippen molar-refractivity contribution in [3.05, 3.63) is 71.8 Å². The van der Waals surface area contributed by atoms with Gasteiger partial charge in [0.15, 0.2) is 0 Å². The van der Waals surface area contributed by atoms with Gasteiger partial charge in [0, 0.05) is 14.2 Å². The third kappa shape index (κ3) is 5.26. The lowest BCUT2D eigenvalue weighted by atomic mass is 9.98. The maximum Gasteiger partial charge on any atom is 0.346 e. The molecule has 0 saturated carbocycles. The van der Waals surface area contributed by atoms with E-state index in [9.17, 15) is 4.57 Å². The first-order valence-electron chi connectivity index (χ1n) is 8.71. The first-order valence-corrected chi connectivity index (χ1v) is 10.3. The first-order chi connectivity index (χ1) is 12.1. The van der Waals surface area contributed by atoms with Crippen molar-refractivity contribution in [2.75, 3.05) is 14.2 Å². The molecule has 5 heteroatoms. The van der Waals surface area contributed by atoms with E-state index in [2.05, 4.69) is 36.5 Å². The molecule has 0 amide bonds. The average Bonchev–Trinajstić information content (AvgIpc) is 2.69. The Kier molecular flexibility index (Phi) is 7.86. The first kappa shape index (κ1) is 19.9. The Morgan fingerprint density at radius 2 is 1.40 bits per heavy atom. The molecule has 2 rings (SSSR count). The lowest BCUT2D eigenvalue weighted by Gasteiger charge is -2.30. The molecule has 2 aromatic rings. The second-order valence-corrected chi connectivity index (χ2v) is 8.42. The molecule has 0 aromatic heterocycles. The van der Waals surface area contributed by atoms with E-state index in [0.29, 0.717) is 0 Å². The van der Waals surface area contributed by atoms with Gasteiger partial charge >= 0.3 is 7.60 Å². The Bertz CT molecular complexity index is 616. The number of rotatable bonds is 10. The van der Waals surface area contributed by atoms with Crippen LogP contribution in [0.25, 0.3) is 0 Å². The molecule has 0 radical (unpaired) electrons. The maximum atomic E-state index is 13.0. The highest BCUT2D eigenvalue weighted by molar-refractivity contribution is 7.54. The van der Waals surface area contributed by atoms with E-state index in [4.69, 9.17) is 9.05 Å². The lowest BCUT2D eigenvalue weighted by molar-refractivity contribution is 0.253. The van der Waals surface area contributed by atoms with Crippen LogP contribution in [0.5, 0.6) is 0 Å². The van der Waals surface area contributed by atoms with Gasteiger partial charge < -0.3 is 9.05 Å². The van der Waals surface area contributed by atoms with Gasteiger partial charge in [-0.15, -0.1) is 0 Å². The molecule has 0 heterocycles. The Balaban J connectivity index is 2.37. The molecule has 0 bridgehead atoms. The van der Waals surface area contributed by atoms with Crippen molar-refractivity contribution >= 4 is 7.60 Å². The number of unbranched alkanes of at least 4 members (excludes halogenated alkanes) is 1. The molecule has 1 atom stereocenters. The van der Waals surface area contributed by atoms with E-state index in [1.54, 1.807) is 0 Å². The zero-order chi connectivity index (χ0) is 18.1. The van der Waals surface area contributed by atoms with Crippen LogP contribution in [0.2, 0.25) is 0 Å². The van der Waals surface area contributed by atoms with Crippen molar-refractivity contribution in [1.82, 2.24) is 5.32 Å². The molecule has 2 aromatic carbocycles. The van der Waals surface area contributed by atoms with Crippen molar-refractivity contribution in [1.29, 1.82) is 0 Å². The van der Waals surface area contributed by atoms with Crippen LogP contribution in [0.1, 0.15) is 43.4 Å². The SMILES string of the molecule is CCCC[C@H](NC(c1ccccc1)c1ccccc1)P(=O)(OC)OC. The smallest absolute Gasteiger partial charge is 0.311 e. The highest BCUT2D eigenvalue weighted by Crippen LogP contribution is 2.53. The summed E-state index contributed by atoms with van der Waals surface area (Å²) in [6.45, 7) is 2.12. The molecular weight excluding hydrogens is 333 g/mol. The minimum Gasteiger partial charge on any atom is -0.311 e. The second-order valence-electron chi connectivity index (χ2n) is 5.98. The predicted molar refractivity (Wildman–Crippen MR) is 103 cm³/mol. The molecule has 0 saturated heterocycles. The average molecular weight is 361 g/mol. The quantitative estimate of drug-likeness (QED) is 0.578. The highest BCUT2D eigenvalue weighted by atomic mass is 31.2. The molecule has 1 N–H and O–H groups in total. The summed E-state index contributed by atoms with van der Waals surface area (Å²) in [6.07, 6.45) is 2.70. The van der Waals surface area contributed by atoms with Gasteiger partial charge in [-0.05, 0) is 17.5 Å². The van der Waals surface area contributed by atoms with E-state index in [1.807, 2.05) is 36.4 Å². The summed E-state index contributed by atoms with van der Waals surface area (Å²) in [5.74, 6) is -0.368. The van der Waals surface area contributed by atoms with Crippen molar-refractivity contribution < 1.29 is 13.6 Å². The zero-order valence-electron chi connectivity index (χ0n) is 15.2. The Morgan fingerprint density at radius 3 is 1.80 bits per heavy atom. The van der Waals surface area contributed by atoms with Gasteiger partial charge in [0.1, 0.15) is 5.78 Å². The summed E-state index contributed by atoms with van der Waals surface area (Å²) in [5, 5.41) is 3.55. The van der Waals surface area contributed by atoms with Gasteiger partial charge in [-0.1, -0.05) is 80.4 Å². The van der Waals surface area contributed by atoms with E-state index in [-0.39, 0.29) is 11.8 Å². The fourth-order valence-electron chi connectivity index (χ4n) is 2.93. The van der Waals surface area contributed by atoms with Gasteiger partial charge in [-0.2, -0.15) is 0 Å². The fourth-order valence-corrected chi connectivity index (χ4v) is 4.42. The Labute approximate surface area is 151 Å². The van der Waals surface area contributed by atoms with Crippen LogP contribution in [0, 0.1) is 0 Å². The van der Waals surface area contributed by atoms with Gasteiger partial charge in [-0.25, -0.2) is 0 Å². The molecule has 25 heavy (non-hydrogen) atoms. The number of hydrogen-bond acceptors (Lipinski definition) is 4. The molecule has 0 spiro atoms. The summed E-state index contributed by atoms with van der Waals surface area (Å²) in [6, 6.07) is 20.3. The normalized spacial score (nSPS) is 13.1. The van der Waals surface area contributed by atoms with Gasteiger partial charge in [0.2, 0.25) is 0 Å². The van der Waals surface area contributed by atoms with Crippen LogP contribution in [-0.4, -0.2) is 20.0 Å². The number of nitrogens with one attached hydrogen (secondary N) is 1. The van der Waals surface area contributed by atoms with E-state index >= 15 is 0 Å². The third-order valence-corrected chi connectivity index (χ3v) is 6.54. The van der Waals surface area contributed by atoms with Crippen LogP contribution in [-0.2, 0) is 13.6 Å². The van der Waals surface area contributed by atoms with Gasteiger partial charge in [0.05, 0.1) is 6.04 Å². The summed E-state index contributed by atoms with van der Waals surface area (Å²) < 4.78 is 23.6. The summed E-state index contributed by atoms with van der Waals surface area (Å²) >= 11 is 0. The van der Waals surface area contributed by atoms with Crippen molar-refractivity contribution in [2.24, 2.45) is 0 Å². The van der Waals surface area contributed by atoms with Gasteiger partial charge in [0.25, 0.3) is 0 Å². The van der Waals surface area contributed by atoms with Gasteiger partial charge in [-0.3, -0.25) is 9.88 Å². The predicted octanol–water partition coefficient (Wildman–Crippen LogP) is 5.37. The minimum absolute atomic E-state index is 0.0807. The molecule has 4 nitrogen and oxygen atoms in total. The maximum absolute atomic E-state index is 13.0. The van der Waals surface area contributed by atoms with Crippen molar-refractivity contribution in [2.45, 2.75) is 38.0 Å². The molecular formula is C20H28NO3P. The molecule has 0 aliphatic heterocycles. The van der Waals surface area contributed by atoms with E-state index in [0.717, 1.165) is 30.4 Å². The van der Waals surface area contributed by atoms with Crippen molar-refractivity contribution in [3.8, 4) is 0 Å². The molecule has 0 unspecified atom stereocenters. The number of benzene rings is 2. The largest absolute Gasteiger partial charge is 0.346 e. The lowest BCUT2D eigenvalue weighted by Crippen LogP contribution is -2.34. The summed E-state index contributed by atoms with van der Waals surface area (Å²) in [7, 11) is -0.328. The van der Waals surface area contributed by atoms with Crippen LogP contribution in [0.4, 0.5) is 0 Å². The standard InChI is InChI=1S/C20H28NO3P/c1-4-5-16-19(25(22,23-2)24-3)21-20(17-12-8-6-9-13-17)18-14-10-7-11-15-18/h6-15,19-21H,4-5,16H2,1-3H3/t19-/m1/s1. The second kappa shape index (κ2) is 9.88. The topological polar surface area (TPSA) is 47.6 Å². The third-order valence-electron chi connectivity index (χ3n) is 4.35. The zero-order valence-corrected chi connectivity index (χ0v) is 16.1. The monoisotopic (exact) mass is 361 g/mol. The van der Waals surface area contributed by atoms with Crippen LogP contribution < -0.4 is 5.32 Å².